The van der Waals surface area contributed by atoms with E-state index in [1.807, 2.05) is 6.92 Å². The smallest absolute Gasteiger partial charge is 0.0897 e. The third-order valence-corrected chi connectivity index (χ3v) is 4.26. The van der Waals surface area contributed by atoms with Gasteiger partial charge in [-0.25, -0.2) is 4.98 Å². The van der Waals surface area contributed by atoms with Crippen molar-refractivity contribution in [2.45, 2.75) is 32.8 Å². The summed E-state index contributed by atoms with van der Waals surface area (Å²) >= 11 is 1.71. The molecule has 1 aromatic heterocycles. The molecule has 2 atom stereocenters. The predicted molar refractivity (Wildman–Crippen MR) is 62.1 cm³/mol. The fourth-order valence-electron chi connectivity index (χ4n) is 2.24. The zero-order valence-corrected chi connectivity index (χ0v) is 10.1. The molecule has 0 aliphatic carbocycles. The summed E-state index contributed by atoms with van der Waals surface area (Å²) in [5, 5.41) is 3.27. The first kappa shape index (κ1) is 11.0. The lowest BCUT2D eigenvalue weighted by atomic mass is 9.78. The molecular formula is C11H18N2OS. The van der Waals surface area contributed by atoms with Crippen LogP contribution in [0.15, 0.2) is 5.38 Å². The van der Waals surface area contributed by atoms with E-state index in [9.17, 15) is 0 Å². The lowest BCUT2D eigenvalue weighted by Gasteiger charge is -2.29. The average molecular weight is 226 g/mol. The van der Waals surface area contributed by atoms with Gasteiger partial charge in [0.2, 0.25) is 0 Å². The minimum absolute atomic E-state index is 0.112. The fraction of sp³-hybridized carbons (Fsp3) is 0.727. The zero-order valence-electron chi connectivity index (χ0n) is 9.32. The molecule has 0 aromatic carbocycles. The average Bonchev–Trinajstić information content (AvgIpc) is 2.76. The van der Waals surface area contributed by atoms with Crippen molar-refractivity contribution in [2.75, 3.05) is 13.2 Å². The Hall–Kier alpha value is -0.450. The normalized spacial score (nSPS) is 31.0. The Labute approximate surface area is 94.7 Å². The van der Waals surface area contributed by atoms with Gasteiger partial charge in [-0.15, -0.1) is 11.3 Å². The molecule has 1 saturated heterocycles. The molecule has 15 heavy (non-hydrogen) atoms. The van der Waals surface area contributed by atoms with Crippen molar-refractivity contribution in [3.8, 4) is 0 Å². The quantitative estimate of drug-likeness (QED) is 0.854. The molecule has 1 fully saturated rings. The first-order valence-corrected chi connectivity index (χ1v) is 6.27. The summed E-state index contributed by atoms with van der Waals surface area (Å²) in [6.07, 6.45) is 2.26. The van der Waals surface area contributed by atoms with Gasteiger partial charge in [0, 0.05) is 23.9 Å². The first-order chi connectivity index (χ1) is 7.16. The number of aryl methyl sites for hydroxylation is 1. The summed E-state index contributed by atoms with van der Waals surface area (Å²) in [4.78, 5) is 4.51. The highest BCUT2D eigenvalue weighted by Gasteiger charge is 2.40. The second-order valence-corrected chi connectivity index (χ2v) is 5.43. The Morgan fingerprint density at radius 1 is 1.73 bits per heavy atom. The van der Waals surface area contributed by atoms with E-state index in [0.717, 1.165) is 24.5 Å². The monoisotopic (exact) mass is 226 g/mol. The summed E-state index contributed by atoms with van der Waals surface area (Å²) in [5.41, 5.74) is 7.19. The summed E-state index contributed by atoms with van der Waals surface area (Å²) < 4.78 is 5.63. The predicted octanol–water partition coefficient (Wildman–Crippen LogP) is 1.75. The number of rotatable bonds is 3. The van der Waals surface area contributed by atoms with Gasteiger partial charge in [-0.2, -0.15) is 0 Å². The summed E-state index contributed by atoms with van der Waals surface area (Å²) in [5.74, 6) is 0. The van der Waals surface area contributed by atoms with Gasteiger partial charge in [-0.1, -0.05) is 0 Å². The van der Waals surface area contributed by atoms with Gasteiger partial charge in [-0.3, -0.25) is 0 Å². The molecule has 1 aliphatic rings. The number of hydrogen-bond acceptors (Lipinski definition) is 4. The lowest BCUT2D eigenvalue weighted by Crippen LogP contribution is -2.38. The molecule has 0 bridgehead atoms. The van der Waals surface area contributed by atoms with Crippen molar-refractivity contribution in [1.29, 1.82) is 0 Å². The van der Waals surface area contributed by atoms with Crippen LogP contribution in [0, 0.1) is 12.3 Å². The van der Waals surface area contributed by atoms with Gasteiger partial charge in [-0.05, 0) is 26.7 Å². The van der Waals surface area contributed by atoms with Crippen molar-refractivity contribution in [1.82, 2.24) is 4.98 Å². The maximum Gasteiger partial charge on any atom is 0.0897 e. The molecule has 4 heteroatoms. The molecule has 0 radical (unpaired) electrons. The van der Waals surface area contributed by atoms with E-state index in [-0.39, 0.29) is 11.5 Å². The minimum atomic E-state index is 0.112. The first-order valence-electron chi connectivity index (χ1n) is 5.39. The lowest BCUT2D eigenvalue weighted by molar-refractivity contribution is 0.0669. The number of hydrogen-bond donors (Lipinski definition) is 1. The van der Waals surface area contributed by atoms with E-state index < -0.39 is 0 Å². The fourth-order valence-corrected chi connectivity index (χ4v) is 2.85. The Morgan fingerprint density at radius 3 is 3.00 bits per heavy atom. The van der Waals surface area contributed by atoms with Crippen LogP contribution in [0.4, 0.5) is 0 Å². The van der Waals surface area contributed by atoms with Crippen LogP contribution in [0.1, 0.15) is 24.0 Å². The van der Waals surface area contributed by atoms with Gasteiger partial charge in [0.05, 0.1) is 16.8 Å². The summed E-state index contributed by atoms with van der Waals surface area (Å²) in [6.45, 7) is 5.68. The van der Waals surface area contributed by atoms with Crippen LogP contribution in [-0.4, -0.2) is 24.2 Å². The number of thiazole rings is 1. The standard InChI is InChI=1S/C11H18N2OS/c1-8-11(7-12,3-4-14-8)5-10-6-15-9(2)13-10/h6,8H,3-5,7,12H2,1-2H3. The van der Waals surface area contributed by atoms with E-state index in [0.29, 0.717) is 6.54 Å². The third kappa shape index (κ3) is 2.07. The minimum Gasteiger partial charge on any atom is -0.378 e. The van der Waals surface area contributed by atoms with E-state index in [2.05, 4.69) is 17.3 Å². The van der Waals surface area contributed by atoms with E-state index >= 15 is 0 Å². The summed E-state index contributed by atoms with van der Waals surface area (Å²) in [7, 11) is 0. The van der Waals surface area contributed by atoms with Crippen molar-refractivity contribution < 1.29 is 4.74 Å². The molecular weight excluding hydrogens is 208 g/mol. The van der Waals surface area contributed by atoms with Crippen LogP contribution in [0.25, 0.3) is 0 Å². The van der Waals surface area contributed by atoms with Crippen LogP contribution in [-0.2, 0) is 11.2 Å². The van der Waals surface area contributed by atoms with Gasteiger partial charge in [0.1, 0.15) is 0 Å². The third-order valence-electron chi connectivity index (χ3n) is 3.44. The molecule has 84 valence electrons. The van der Waals surface area contributed by atoms with Crippen LogP contribution in [0.3, 0.4) is 0 Å². The maximum absolute atomic E-state index is 5.91. The second-order valence-electron chi connectivity index (χ2n) is 4.36. The number of nitrogens with zero attached hydrogens (tertiary/aromatic N) is 1. The molecule has 0 spiro atoms. The van der Waals surface area contributed by atoms with Crippen molar-refractivity contribution in [3.63, 3.8) is 0 Å². The van der Waals surface area contributed by atoms with Crippen molar-refractivity contribution in [2.24, 2.45) is 11.1 Å². The number of ether oxygens (including phenoxy) is 1. The molecule has 2 unspecified atom stereocenters. The highest BCUT2D eigenvalue weighted by atomic mass is 32.1. The summed E-state index contributed by atoms with van der Waals surface area (Å²) in [6, 6.07) is 0. The molecule has 2 N–H and O–H groups in total. The highest BCUT2D eigenvalue weighted by molar-refractivity contribution is 7.09. The molecule has 0 saturated carbocycles. The van der Waals surface area contributed by atoms with Crippen LogP contribution in [0.2, 0.25) is 0 Å². The van der Waals surface area contributed by atoms with E-state index in [1.165, 1.54) is 5.69 Å². The Bertz CT molecular complexity index is 339. The zero-order chi connectivity index (χ0) is 10.9. The SMILES string of the molecule is Cc1nc(CC2(CN)CCOC2C)cs1. The molecule has 0 amide bonds. The van der Waals surface area contributed by atoms with Gasteiger partial charge in [0.15, 0.2) is 0 Å². The van der Waals surface area contributed by atoms with Gasteiger partial charge < -0.3 is 10.5 Å². The largest absolute Gasteiger partial charge is 0.378 e. The van der Waals surface area contributed by atoms with Crippen LogP contribution < -0.4 is 5.73 Å². The van der Waals surface area contributed by atoms with E-state index in [4.69, 9.17) is 10.5 Å². The van der Waals surface area contributed by atoms with Crippen molar-refractivity contribution in [3.05, 3.63) is 16.1 Å². The van der Waals surface area contributed by atoms with Crippen LogP contribution >= 0.6 is 11.3 Å². The van der Waals surface area contributed by atoms with Crippen molar-refractivity contribution >= 4 is 11.3 Å². The van der Waals surface area contributed by atoms with Crippen LogP contribution in [0.5, 0.6) is 0 Å². The molecule has 1 aromatic rings. The Kier molecular flexibility index (Phi) is 3.09. The van der Waals surface area contributed by atoms with Gasteiger partial charge >= 0.3 is 0 Å². The molecule has 2 rings (SSSR count). The Balaban J connectivity index is 2.14. The van der Waals surface area contributed by atoms with Gasteiger partial charge in [0.25, 0.3) is 0 Å². The second kappa shape index (κ2) is 4.20. The number of aromatic nitrogens is 1. The number of nitrogens with two attached hydrogens (primary N) is 1. The molecule has 1 aliphatic heterocycles. The maximum atomic E-state index is 5.91. The Morgan fingerprint density at radius 2 is 2.53 bits per heavy atom. The van der Waals surface area contributed by atoms with E-state index in [1.54, 1.807) is 11.3 Å². The molecule has 3 nitrogen and oxygen atoms in total. The topological polar surface area (TPSA) is 48.1 Å². The molecule has 2 heterocycles. The highest BCUT2D eigenvalue weighted by Crippen LogP contribution is 2.37.